The van der Waals surface area contributed by atoms with E-state index in [1.165, 1.54) is 0 Å². The van der Waals surface area contributed by atoms with E-state index in [0.29, 0.717) is 18.8 Å². The van der Waals surface area contributed by atoms with Gasteiger partial charge in [0.05, 0.1) is 0 Å². The molecule has 132 valence electrons. The van der Waals surface area contributed by atoms with E-state index in [1.807, 2.05) is 43.4 Å². The van der Waals surface area contributed by atoms with Crippen LogP contribution >= 0.6 is 24.8 Å². The molecule has 2 rings (SSSR count). The third kappa shape index (κ3) is 8.15. The van der Waals surface area contributed by atoms with E-state index in [1.54, 1.807) is 12.3 Å². The van der Waals surface area contributed by atoms with Gasteiger partial charge in [-0.15, -0.1) is 24.8 Å². The number of nitrogens with one attached hydrogen (secondary N) is 2. The Kier molecular flexibility index (Phi) is 11.6. The Bertz CT molecular complexity index is 580. The summed E-state index contributed by atoms with van der Waals surface area (Å²) >= 11 is 0. The number of hydrogen-bond donors (Lipinski definition) is 2. The van der Waals surface area contributed by atoms with Crippen LogP contribution in [0.15, 0.2) is 48.7 Å². The highest BCUT2D eigenvalue weighted by Gasteiger charge is 2.02. The first-order chi connectivity index (χ1) is 10.8. The van der Waals surface area contributed by atoms with Crippen molar-refractivity contribution in [3.63, 3.8) is 0 Å². The van der Waals surface area contributed by atoms with E-state index >= 15 is 0 Å². The van der Waals surface area contributed by atoms with Gasteiger partial charge in [-0.2, -0.15) is 0 Å². The minimum Gasteiger partial charge on any atom is -0.439 e. The summed E-state index contributed by atoms with van der Waals surface area (Å²) in [6.07, 6.45) is 3.08. The summed E-state index contributed by atoms with van der Waals surface area (Å²) in [5, 5.41) is 5.90. The van der Waals surface area contributed by atoms with Gasteiger partial charge in [0.1, 0.15) is 5.75 Å². The Hall–Kier alpha value is -1.82. The molecule has 0 unspecified atom stereocenters. The van der Waals surface area contributed by atoms with Gasteiger partial charge in [-0.25, -0.2) is 4.98 Å². The zero-order valence-corrected chi connectivity index (χ0v) is 15.2. The predicted molar refractivity (Wildman–Crippen MR) is 100 cm³/mol. The molecular weight excluding hydrogens is 349 g/mol. The summed E-state index contributed by atoms with van der Waals surface area (Å²) < 4.78 is 5.62. The van der Waals surface area contributed by atoms with Crippen LogP contribution in [0.2, 0.25) is 0 Å². The van der Waals surface area contributed by atoms with Crippen molar-refractivity contribution in [2.45, 2.75) is 19.4 Å². The lowest BCUT2D eigenvalue weighted by Crippen LogP contribution is -2.23. The van der Waals surface area contributed by atoms with Crippen LogP contribution in [-0.4, -0.2) is 24.5 Å². The number of ether oxygens (including phenoxy) is 1. The number of hydrogen-bond acceptors (Lipinski definition) is 4. The average Bonchev–Trinajstić information content (AvgIpc) is 2.55. The molecule has 0 spiro atoms. The molecule has 2 N–H and O–H groups in total. The van der Waals surface area contributed by atoms with Crippen LogP contribution in [0.25, 0.3) is 0 Å². The van der Waals surface area contributed by atoms with Crippen molar-refractivity contribution in [3.05, 3.63) is 54.2 Å². The van der Waals surface area contributed by atoms with Crippen LogP contribution in [0.5, 0.6) is 11.6 Å². The van der Waals surface area contributed by atoms with Crippen molar-refractivity contribution in [3.8, 4) is 11.6 Å². The van der Waals surface area contributed by atoms with E-state index in [0.717, 1.165) is 24.3 Å². The topological polar surface area (TPSA) is 63.2 Å². The lowest BCUT2D eigenvalue weighted by Gasteiger charge is -2.07. The van der Waals surface area contributed by atoms with E-state index in [-0.39, 0.29) is 30.7 Å². The maximum atomic E-state index is 11.6. The highest BCUT2D eigenvalue weighted by atomic mass is 35.5. The molecule has 0 bridgehead atoms. The molecule has 0 radical (unpaired) electrons. The Labute approximate surface area is 155 Å². The second-order valence-corrected chi connectivity index (χ2v) is 4.90. The summed E-state index contributed by atoms with van der Waals surface area (Å²) in [7, 11) is 1.88. The van der Waals surface area contributed by atoms with Gasteiger partial charge in [0.2, 0.25) is 11.8 Å². The SMILES string of the molecule is CNCCCC(=O)NCc1ccc(Oc2ccccc2)nc1.Cl.Cl. The maximum absolute atomic E-state index is 11.6. The summed E-state index contributed by atoms with van der Waals surface area (Å²) in [5.41, 5.74) is 0.947. The van der Waals surface area contributed by atoms with Crippen LogP contribution in [0.1, 0.15) is 18.4 Å². The molecule has 0 aliphatic rings. The third-order valence-electron chi connectivity index (χ3n) is 3.08. The van der Waals surface area contributed by atoms with Gasteiger partial charge in [0.15, 0.2) is 0 Å². The quantitative estimate of drug-likeness (QED) is 0.698. The average molecular weight is 372 g/mol. The number of para-hydroxylation sites is 1. The number of pyridine rings is 1. The van der Waals surface area contributed by atoms with Crippen LogP contribution in [-0.2, 0) is 11.3 Å². The molecule has 0 aliphatic heterocycles. The smallest absolute Gasteiger partial charge is 0.220 e. The number of rotatable bonds is 8. The monoisotopic (exact) mass is 371 g/mol. The second kappa shape index (κ2) is 12.6. The summed E-state index contributed by atoms with van der Waals surface area (Å²) in [4.78, 5) is 15.9. The van der Waals surface area contributed by atoms with Gasteiger partial charge in [0.25, 0.3) is 0 Å². The molecule has 1 aromatic heterocycles. The molecular formula is C17H23Cl2N3O2. The minimum absolute atomic E-state index is 0. The van der Waals surface area contributed by atoms with Crippen molar-refractivity contribution in [2.24, 2.45) is 0 Å². The number of carbonyl (C=O) groups is 1. The highest BCUT2D eigenvalue weighted by molar-refractivity contribution is 5.85. The molecule has 1 heterocycles. The molecule has 5 nitrogen and oxygen atoms in total. The first kappa shape index (κ1) is 22.2. The van der Waals surface area contributed by atoms with Crippen LogP contribution in [0.4, 0.5) is 0 Å². The van der Waals surface area contributed by atoms with Gasteiger partial charge in [-0.1, -0.05) is 24.3 Å². The van der Waals surface area contributed by atoms with Gasteiger partial charge >= 0.3 is 0 Å². The molecule has 0 atom stereocenters. The largest absolute Gasteiger partial charge is 0.439 e. The van der Waals surface area contributed by atoms with Gasteiger partial charge in [-0.3, -0.25) is 4.79 Å². The number of nitrogens with zero attached hydrogens (tertiary/aromatic N) is 1. The molecule has 0 saturated heterocycles. The normalized spacial score (nSPS) is 9.38. The van der Waals surface area contributed by atoms with Crippen molar-refractivity contribution < 1.29 is 9.53 Å². The van der Waals surface area contributed by atoms with Crippen LogP contribution in [0, 0.1) is 0 Å². The fourth-order valence-electron chi connectivity index (χ4n) is 1.90. The first-order valence-electron chi connectivity index (χ1n) is 7.37. The van der Waals surface area contributed by atoms with Crippen molar-refractivity contribution in [1.82, 2.24) is 15.6 Å². The third-order valence-corrected chi connectivity index (χ3v) is 3.08. The second-order valence-electron chi connectivity index (χ2n) is 4.90. The molecule has 2 aromatic rings. The molecule has 7 heteroatoms. The summed E-state index contributed by atoms with van der Waals surface area (Å²) in [6, 6.07) is 13.2. The van der Waals surface area contributed by atoms with Gasteiger partial charge in [0, 0.05) is 25.2 Å². The number of amides is 1. The first-order valence-corrected chi connectivity index (χ1v) is 7.37. The lowest BCUT2D eigenvalue weighted by molar-refractivity contribution is -0.121. The molecule has 1 amide bonds. The lowest BCUT2D eigenvalue weighted by atomic mass is 10.2. The Morgan fingerprint density at radius 1 is 1.12 bits per heavy atom. The van der Waals surface area contributed by atoms with Crippen LogP contribution in [0.3, 0.4) is 0 Å². The fraction of sp³-hybridized carbons (Fsp3) is 0.294. The number of benzene rings is 1. The maximum Gasteiger partial charge on any atom is 0.220 e. The standard InChI is InChI=1S/C17H21N3O2.2ClH/c1-18-11-5-8-16(21)19-12-14-9-10-17(20-13-14)22-15-6-3-2-4-7-15;;/h2-4,6-7,9-10,13,18H,5,8,11-12H2,1H3,(H,19,21);2*1H. The summed E-state index contributed by atoms with van der Waals surface area (Å²) in [6.45, 7) is 1.33. The molecule has 1 aromatic carbocycles. The molecule has 0 saturated carbocycles. The Morgan fingerprint density at radius 2 is 1.88 bits per heavy atom. The predicted octanol–water partition coefficient (Wildman–Crippen LogP) is 3.33. The number of aromatic nitrogens is 1. The Balaban J connectivity index is 0.00000264. The van der Waals surface area contributed by atoms with E-state index in [2.05, 4.69) is 15.6 Å². The molecule has 0 fully saturated rings. The minimum atomic E-state index is 0. The zero-order chi connectivity index (χ0) is 15.6. The zero-order valence-electron chi connectivity index (χ0n) is 13.5. The van der Waals surface area contributed by atoms with Crippen molar-refractivity contribution >= 4 is 30.7 Å². The van der Waals surface area contributed by atoms with Gasteiger partial charge < -0.3 is 15.4 Å². The molecule has 0 aliphatic carbocycles. The number of halogens is 2. The fourth-order valence-corrected chi connectivity index (χ4v) is 1.90. The molecule has 24 heavy (non-hydrogen) atoms. The van der Waals surface area contributed by atoms with Crippen molar-refractivity contribution in [2.75, 3.05) is 13.6 Å². The van der Waals surface area contributed by atoms with E-state index < -0.39 is 0 Å². The van der Waals surface area contributed by atoms with Crippen molar-refractivity contribution in [1.29, 1.82) is 0 Å². The van der Waals surface area contributed by atoms with Gasteiger partial charge in [-0.05, 0) is 37.7 Å². The Morgan fingerprint density at radius 3 is 2.50 bits per heavy atom. The van der Waals surface area contributed by atoms with Crippen LogP contribution < -0.4 is 15.4 Å². The van der Waals surface area contributed by atoms with E-state index in [4.69, 9.17) is 4.74 Å². The van der Waals surface area contributed by atoms with E-state index in [9.17, 15) is 4.79 Å². The number of carbonyl (C=O) groups excluding carboxylic acids is 1. The summed E-state index contributed by atoms with van der Waals surface area (Å²) in [5.74, 6) is 1.34. The highest BCUT2D eigenvalue weighted by Crippen LogP contribution is 2.18.